The molecule has 13 nitrogen and oxygen atoms in total. The molecule has 0 aliphatic carbocycles. The Morgan fingerprint density at radius 1 is 0.685 bits per heavy atom. The minimum atomic E-state index is -2.58. The second-order valence-corrected chi connectivity index (χ2v) is 12.4. The monoisotopic (exact) mass is 741 g/mol. The van der Waals surface area contributed by atoms with E-state index in [1.807, 2.05) is 50.5 Å². The Hall–Kier alpha value is -5.08. The number of hydrogen-bond donors (Lipinski definition) is 0. The molecule has 2 aliphatic rings. The van der Waals surface area contributed by atoms with Crippen molar-refractivity contribution < 1.29 is 48.9 Å². The van der Waals surface area contributed by atoms with Crippen LogP contribution >= 0.6 is 0 Å². The van der Waals surface area contributed by atoms with Crippen LogP contribution in [-0.2, 0) is 38.7 Å². The van der Waals surface area contributed by atoms with Crippen LogP contribution in [0.5, 0.6) is 0 Å². The van der Waals surface area contributed by atoms with E-state index in [4.69, 9.17) is 22.9 Å². The molecule has 8 aromatic rings. The first-order valence-corrected chi connectivity index (χ1v) is 17.3. The summed E-state index contributed by atoms with van der Waals surface area (Å²) in [6.07, 6.45) is 8.86. The second-order valence-electron chi connectivity index (χ2n) is 12.4. The van der Waals surface area contributed by atoms with Crippen molar-refractivity contribution in [3.63, 3.8) is 0 Å². The van der Waals surface area contributed by atoms with Gasteiger partial charge >= 0.3 is 29.6 Å². The molecule has 0 saturated carbocycles. The Morgan fingerprint density at radius 3 is 1.87 bits per heavy atom. The molecule has 14 heteroatoms. The fourth-order valence-electron chi connectivity index (χ4n) is 6.46. The van der Waals surface area contributed by atoms with Crippen molar-refractivity contribution in [1.29, 1.82) is 0 Å². The van der Waals surface area contributed by atoms with Gasteiger partial charge in [0.1, 0.15) is 11.6 Å². The molecule has 0 amide bonds. The van der Waals surface area contributed by atoms with Crippen LogP contribution in [0.3, 0.4) is 0 Å². The molecular weight excluding hydrogens is 688 g/mol. The normalized spacial score (nSPS) is 15.5. The van der Waals surface area contributed by atoms with E-state index in [0.29, 0.717) is 23.5 Å². The molecule has 272 valence electrons. The van der Waals surface area contributed by atoms with E-state index < -0.39 is 20.2 Å². The summed E-state index contributed by atoms with van der Waals surface area (Å²) in [5.41, 5.74) is 13.9. The zero-order chi connectivity index (χ0) is 44.7. The standard InChI is InChI=1S/2C19H18N6.C2H6.Na.H2O.H/c2*1-12-9-20-13(2)18-22-17(23-25(12)18)8-7-15-11-24-10-14-5-3-4-6-16(14)19(24)21-15;1-2;;;/h2*3-6,9,11H,7-8,10H2,1-2H3;1-2H3;;1H2;/q;;;+1;;-1/i1D3,2D3,10D2;;;;;/hD. The number of hydrogen-bond acceptors (Lipinski definition) is 8. The van der Waals surface area contributed by atoms with E-state index in [0.717, 1.165) is 70.0 Å². The van der Waals surface area contributed by atoms with Gasteiger partial charge in [0.15, 0.2) is 22.9 Å². The van der Waals surface area contributed by atoms with Gasteiger partial charge in [0.05, 0.1) is 36.9 Å². The maximum atomic E-state index is 8.44. The molecule has 2 aromatic carbocycles. The van der Waals surface area contributed by atoms with Crippen LogP contribution in [-0.4, -0.2) is 63.7 Å². The molecule has 0 atom stereocenters. The number of aromatic nitrogens is 12. The van der Waals surface area contributed by atoms with E-state index in [-0.39, 0.29) is 60.3 Å². The van der Waals surface area contributed by atoms with Crippen LogP contribution in [0.15, 0.2) is 73.3 Å². The number of imidazole rings is 2. The molecule has 0 unspecified atom stereocenters. The summed E-state index contributed by atoms with van der Waals surface area (Å²) < 4.78 is 74.4. The molecule has 0 fully saturated rings. The van der Waals surface area contributed by atoms with Gasteiger partial charge in [0, 0.05) is 70.0 Å². The third kappa shape index (κ3) is 7.24. The minimum absolute atomic E-state index is 0. The Morgan fingerprint density at radius 2 is 1.22 bits per heavy atom. The van der Waals surface area contributed by atoms with Gasteiger partial charge in [0.25, 0.3) is 0 Å². The van der Waals surface area contributed by atoms with Crippen LogP contribution in [0.1, 0.15) is 84.6 Å². The Labute approximate surface area is 350 Å². The van der Waals surface area contributed by atoms with Crippen molar-refractivity contribution in [2.24, 2.45) is 0 Å². The van der Waals surface area contributed by atoms with Crippen LogP contribution in [0, 0.1) is 27.6 Å². The minimum Gasteiger partial charge on any atom is -1.00 e. The van der Waals surface area contributed by atoms with Crippen LogP contribution in [0.4, 0.5) is 0 Å². The summed E-state index contributed by atoms with van der Waals surface area (Å²) >= 11 is 0. The summed E-state index contributed by atoms with van der Waals surface area (Å²) in [6, 6.07) is 15.7. The zero-order valence-electron chi connectivity index (χ0n) is 40.8. The van der Waals surface area contributed by atoms with E-state index >= 15 is 0 Å². The maximum absolute atomic E-state index is 8.44. The molecule has 6 aromatic heterocycles. The van der Waals surface area contributed by atoms with Gasteiger partial charge in [-0.15, -0.1) is 0 Å². The van der Waals surface area contributed by atoms with Crippen molar-refractivity contribution in [1.82, 2.24) is 58.3 Å². The Kier molecular flexibility index (Phi) is 8.47. The quantitative estimate of drug-likeness (QED) is 0.236. The molecule has 2 N–H and O–H groups in total. The predicted molar refractivity (Wildman–Crippen MR) is 205 cm³/mol. The first kappa shape index (κ1) is 28.4. The van der Waals surface area contributed by atoms with Crippen molar-refractivity contribution in [3.8, 4) is 22.8 Å². The average molecular weight is 742 g/mol. The second kappa shape index (κ2) is 16.1. The van der Waals surface area contributed by atoms with E-state index in [1.165, 1.54) is 15.7 Å². The average Bonchev–Trinajstić information content (AvgIpc) is 4.10. The molecule has 10 rings (SSSR count). The fourth-order valence-corrected chi connectivity index (χ4v) is 6.46. The zero-order valence-corrected chi connectivity index (χ0v) is 32.8. The summed E-state index contributed by atoms with van der Waals surface area (Å²) in [6.45, 7) is 2.03. The molecule has 8 heterocycles. The third-order valence-corrected chi connectivity index (χ3v) is 8.96. The molecule has 0 saturated heterocycles. The number of aryl methyl sites for hydroxylation is 8. The Balaban J connectivity index is 0.000000223. The van der Waals surface area contributed by atoms with Crippen molar-refractivity contribution in [2.45, 2.75) is 80.1 Å². The van der Waals surface area contributed by atoms with Crippen LogP contribution in [0.25, 0.3) is 34.1 Å². The molecule has 2 aliphatic heterocycles. The van der Waals surface area contributed by atoms with Crippen LogP contribution in [0.2, 0.25) is 0 Å². The number of nitrogens with zero attached hydrogens (tertiary/aromatic N) is 12. The SMILES string of the molecule is CC.Cc1ncc(C)n2nc(CCc3cn4c(n3)-c3ccccc3C4)nc12.[2H]C([2H])([2H])c1ncc(C([2H])([2H])[2H])n2nc(CCc3cn4c(n3)-c3ccccc3C4([2H])[2H])nc12.[2H]O.[H-].[Na+]. The number of fused-ring (bicyclic) bond motifs is 8. The summed E-state index contributed by atoms with van der Waals surface area (Å²) in [5.74, 6) is 2.69. The molecular formula is C40H45N12NaO. The Bertz CT molecular complexity index is 2810. The van der Waals surface area contributed by atoms with Gasteiger partial charge < -0.3 is 16.0 Å². The molecule has 0 radical (unpaired) electrons. The van der Waals surface area contributed by atoms with Crippen molar-refractivity contribution >= 4 is 11.3 Å². The van der Waals surface area contributed by atoms with Gasteiger partial charge in [-0.05, 0) is 51.5 Å². The van der Waals surface area contributed by atoms with E-state index in [9.17, 15) is 0 Å². The molecule has 0 bridgehead atoms. The fraction of sp³-hybridized carbons (Fsp3) is 0.300. The molecule has 54 heavy (non-hydrogen) atoms. The third-order valence-electron chi connectivity index (χ3n) is 8.96. The first-order valence-electron chi connectivity index (χ1n) is 21.8. The van der Waals surface area contributed by atoms with Crippen LogP contribution < -0.4 is 29.6 Å². The van der Waals surface area contributed by atoms with Crippen molar-refractivity contribution in [2.75, 3.05) is 0 Å². The number of rotatable bonds is 6. The smallest absolute Gasteiger partial charge is 1.00 e. The summed E-state index contributed by atoms with van der Waals surface area (Å²) in [4.78, 5) is 26.5. The van der Waals surface area contributed by atoms with E-state index in [2.05, 4.69) is 70.1 Å². The summed E-state index contributed by atoms with van der Waals surface area (Å²) in [7, 11) is 0. The summed E-state index contributed by atoms with van der Waals surface area (Å²) in [5, 5.41) is 8.86. The van der Waals surface area contributed by atoms with Gasteiger partial charge in [-0.2, -0.15) is 10.2 Å². The van der Waals surface area contributed by atoms with Gasteiger partial charge in [0.2, 0.25) is 1.43 Å². The van der Waals surface area contributed by atoms with Crippen molar-refractivity contribution in [3.05, 3.63) is 130 Å². The number of benzene rings is 2. The first-order chi connectivity index (χ1) is 29.6. The predicted octanol–water partition coefficient (Wildman–Crippen LogP) is 2.82. The van der Waals surface area contributed by atoms with Gasteiger partial charge in [-0.3, -0.25) is 9.97 Å². The largest absolute Gasteiger partial charge is 1.00 e. The van der Waals surface area contributed by atoms with Gasteiger partial charge in [-0.25, -0.2) is 29.0 Å². The molecule has 0 spiro atoms. The van der Waals surface area contributed by atoms with Gasteiger partial charge in [-0.1, -0.05) is 62.4 Å². The van der Waals surface area contributed by atoms with E-state index in [1.54, 1.807) is 18.3 Å². The maximum Gasteiger partial charge on any atom is 1.00 e. The topological polar surface area (TPSA) is 153 Å².